The quantitative estimate of drug-likeness (QED) is 0.795. The molecule has 4 heteroatoms. The molecule has 1 aromatic heterocycles. The smallest absolute Gasteiger partial charge is 0.168 e. The molecule has 1 fully saturated rings. The highest BCUT2D eigenvalue weighted by atomic mass is 16.5. The zero-order valence-electron chi connectivity index (χ0n) is 9.52. The third-order valence-electron chi connectivity index (χ3n) is 2.84. The van der Waals surface area contributed by atoms with Crippen molar-refractivity contribution in [2.24, 2.45) is 5.92 Å². The largest absolute Gasteiger partial charge is 0.490 e. The molecule has 4 nitrogen and oxygen atoms in total. The van der Waals surface area contributed by atoms with E-state index in [0.29, 0.717) is 12.5 Å². The average Bonchev–Trinajstić information content (AvgIpc) is 2.25. The zero-order valence-corrected chi connectivity index (χ0v) is 9.52. The predicted octanol–water partition coefficient (Wildman–Crippen LogP) is 1.66. The first-order valence-electron chi connectivity index (χ1n) is 5.79. The Kier molecular flexibility index (Phi) is 3.62. The molecule has 1 saturated carbocycles. The van der Waals surface area contributed by atoms with Crippen LogP contribution in [0.2, 0.25) is 0 Å². The number of aliphatic hydroxyl groups is 1. The lowest BCUT2D eigenvalue weighted by Gasteiger charge is -2.31. The van der Waals surface area contributed by atoms with Crippen molar-refractivity contribution in [3.63, 3.8) is 0 Å². The van der Waals surface area contributed by atoms with Gasteiger partial charge in [0.15, 0.2) is 11.6 Å². The molecule has 0 amide bonds. The molecule has 0 saturated heterocycles. The van der Waals surface area contributed by atoms with Crippen LogP contribution in [0, 0.1) is 5.92 Å². The molecule has 2 N–H and O–H groups in total. The second kappa shape index (κ2) is 5.16. The van der Waals surface area contributed by atoms with Gasteiger partial charge in [-0.25, -0.2) is 4.98 Å². The Bertz CT molecular complexity index is 338. The van der Waals surface area contributed by atoms with Crippen LogP contribution in [0.1, 0.15) is 19.8 Å². The lowest BCUT2D eigenvalue weighted by atomic mass is 9.82. The highest BCUT2D eigenvalue weighted by molar-refractivity contribution is 5.49. The third-order valence-corrected chi connectivity index (χ3v) is 2.84. The van der Waals surface area contributed by atoms with Gasteiger partial charge in [-0.15, -0.1) is 0 Å². The van der Waals surface area contributed by atoms with E-state index in [2.05, 4.69) is 10.3 Å². The molecule has 0 bridgehead atoms. The summed E-state index contributed by atoms with van der Waals surface area (Å²) < 4.78 is 5.47. The number of hydrogen-bond acceptors (Lipinski definition) is 4. The lowest BCUT2D eigenvalue weighted by Crippen LogP contribution is -2.33. The van der Waals surface area contributed by atoms with E-state index in [0.717, 1.165) is 31.0 Å². The Morgan fingerprint density at radius 3 is 3.06 bits per heavy atom. The summed E-state index contributed by atoms with van der Waals surface area (Å²) in [5, 5.41) is 12.5. The van der Waals surface area contributed by atoms with Gasteiger partial charge in [0.2, 0.25) is 0 Å². The van der Waals surface area contributed by atoms with Crippen LogP contribution >= 0.6 is 0 Å². The standard InChI is InChI=1S/C12H18N2O2/c1-2-16-11-4-3-5-13-12(11)14-8-9-6-10(15)7-9/h3-5,9-10,15H,2,6-8H2,1H3,(H,13,14). The van der Waals surface area contributed by atoms with Crippen LogP contribution in [0.3, 0.4) is 0 Å². The van der Waals surface area contributed by atoms with E-state index < -0.39 is 0 Å². The van der Waals surface area contributed by atoms with Crippen molar-refractivity contribution in [1.82, 2.24) is 4.98 Å². The number of ether oxygens (including phenoxy) is 1. The van der Waals surface area contributed by atoms with Crippen LogP contribution in [0.15, 0.2) is 18.3 Å². The van der Waals surface area contributed by atoms with E-state index in [-0.39, 0.29) is 6.10 Å². The molecule has 1 heterocycles. The van der Waals surface area contributed by atoms with Crippen molar-refractivity contribution in [3.8, 4) is 5.75 Å². The number of aliphatic hydroxyl groups excluding tert-OH is 1. The second-order valence-corrected chi connectivity index (χ2v) is 4.16. The molecule has 0 unspecified atom stereocenters. The highest BCUT2D eigenvalue weighted by Crippen LogP contribution is 2.28. The second-order valence-electron chi connectivity index (χ2n) is 4.16. The van der Waals surface area contributed by atoms with E-state index in [1.54, 1.807) is 6.20 Å². The maximum atomic E-state index is 9.19. The minimum absolute atomic E-state index is 0.0955. The number of hydrogen-bond donors (Lipinski definition) is 2. The van der Waals surface area contributed by atoms with Crippen LogP contribution in [0.5, 0.6) is 5.75 Å². The molecule has 1 aromatic rings. The van der Waals surface area contributed by atoms with Gasteiger partial charge in [-0.3, -0.25) is 0 Å². The van der Waals surface area contributed by atoms with Gasteiger partial charge in [-0.2, -0.15) is 0 Å². The maximum absolute atomic E-state index is 9.19. The predicted molar refractivity (Wildman–Crippen MR) is 62.6 cm³/mol. The van der Waals surface area contributed by atoms with Gasteiger partial charge in [0, 0.05) is 12.7 Å². The Balaban J connectivity index is 1.87. The number of rotatable bonds is 5. The first kappa shape index (κ1) is 11.2. The molecule has 2 rings (SSSR count). The van der Waals surface area contributed by atoms with E-state index in [9.17, 15) is 5.11 Å². The molecular weight excluding hydrogens is 204 g/mol. The van der Waals surface area contributed by atoms with Crippen LogP contribution in [0.25, 0.3) is 0 Å². The van der Waals surface area contributed by atoms with E-state index >= 15 is 0 Å². The van der Waals surface area contributed by atoms with Crippen molar-refractivity contribution in [3.05, 3.63) is 18.3 Å². The molecular formula is C12H18N2O2. The Morgan fingerprint density at radius 1 is 1.56 bits per heavy atom. The highest BCUT2D eigenvalue weighted by Gasteiger charge is 2.26. The maximum Gasteiger partial charge on any atom is 0.168 e. The SMILES string of the molecule is CCOc1cccnc1NCC1CC(O)C1. The van der Waals surface area contributed by atoms with Gasteiger partial charge in [0.1, 0.15) is 0 Å². The number of nitrogens with one attached hydrogen (secondary N) is 1. The molecule has 0 aromatic carbocycles. The topological polar surface area (TPSA) is 54.4 Å². The van der Waals surface area contributed by atoms with Gasteiger partial charge in [0.05, 0.1) is 12.7 Å². The summed E-state index contributed by atoms with van der Waals surface area (Å²) in [5.74, 6) is 2.15. The molecule has 0 radical (unpaired) electrons. The van der Waals surface area contributed by atoms with Gasteiger partial charge < -0.3 is 15.2 Å². The fraction of sp³-hybridized carbons (Fsp3) is 0.583. The van der Waals surface area contributed by atoms with E-state index in [1.807, 2.05) is 19.1 Å². The minimum atomic E-state index is -0.0955. The molecule has 0 spiro atoms. The van der Waals surface area contributed by atoms with Crippen molar-refractivity contribution < 1.29 is 9.84 Å². The summed E-state index contributed by atoms with van der Waals surface area (Å²) in [7, 11) is 0. The summed E-state index contributed by atoms with van der Waals surface area (Å²) in [6.45, 7) is 3.45. The Morgan fingerprint density at radius 2 is 2.38 bits per heavy atom. The minimum Gasteiger partial charge on any atom is -0.490 e. The molecule has 88 valence electrons. The summed E-state index contributed by atoms with van der Waals surface area (Å²) in [6, 6.07) is 3.78. The molecule has 1 aliphatic carbocycles. The van der Waals surface area contributed by atoms with Gasteiger partial charge in [-0.1, -0.05) is 0 Å². The summed E-state index contributed by atoms with van der Waals surface area (Å²) in [6.07, 6.45) is 3.44. The fourth-order valence-electron chi connectivity index (χ4n) is 1.90. The van der Waals surface area contributed by atoms with Crippen molar-refractivity contribution in [2.75, 3.05) is 18.5 Å². The summed E-state index contributed by atoms with van der Waals surface area (Å²) in [5.41, 5.74) is 0. The number of pyridine rings is 1. The average molecular weight is 222 g/mol. The number of aromatic nitrogens is 1. The molecule has 16 heavy (non-hydrogen) atoms. The summed E-state index contributed by atoms with van der Waals surface area (Å²) >= 11 is 0. The summed E-state index contributed by atoms with van der Waals surface area (Å²) in [4.78, 5) is 4.25. The van der Waals surface area contributed by atoms with E-state index in [1.165, 1.54) is 0 Å². The molecule has 0 atom stereocenters. The van der Waals surface area contributed by atoms with Crippen molar-refractivity contribution in [1.29, 1.82) is 0 Å². The molecule has 0 aliphatic heterocycles. The normalized spacial score (nSPS) is 23.6. The van der Waals surface area contributed by atoms with Gasteiger partial charge >= 0.3 is 0 Å². The molecule has 1 aliphatic rings. The first-order chi connectivity index (χ1) is 7.79. The number of nitrogens with zero attached hydrogens (tertiary/aromatic N) is 1. The third kappa shape index (κ3) is 2.64. The van der Waals surface area contributed by atoms with Gasteiger partial charge in [0.25, 0.3) is 0 Å². The Hall–Kier alpha value is -1.29. The van der Waals surface area contributed by atoms with Crippen LogP contribution < -0.4 is 10.1 Å². The van der Waals surface area contributed by atoms with E-state index in [4.69, 9.17) is 4.74 Å². The lowest BCUT2D eigenvalue weighted by molar-refractivity contribution is 0.0486. The first-order valence-corrected chi connectivity index (χ1v) is 5.79. The van der Waals surface area contributed by atoms with Crippen LogP contribution in [-0.2, 0) is 0 Å². The fourth-order valence-corrected chi connectivity index (χ4v) is 1.90. The van der Waals surface area contributed by atoms with Crippen molar-refractivity contribution >= 4 is 5.82 Å². The number of anilines is 1. The van der Waals surface area contributed by atoms with Crippen LogP contribution in [-0.4, -0.2) is 29.3 Å². The monoisotopic (exact) mass is 222 g/mol. The van der Waals surface area contributed by atoms with Crippen molar-refractivity contribution in [2.45, 2.75) is 25.9 Å². The van der Waals surface area contributed by atoms with Crippen LogP contribution in [0.4, 0.5) is 5.82 Å². The zero-order chi connectivity index (χ0) is 11.4. The van der Waals surface area contributed by atoms with Gasteiger partial charge in [-0.05, 0) is 37.8 Å². The Labute approximate surface area is 95.7 Å².